The highest BCUT2D eigenvalue weighted by Crippen LogP contribution is 2.22. The van der Waals surface area contributed by atoms with Crippen LogP contribution in [0.3, 0.4) is 0 Å². The lowest BCUT2D eigenvalue weighted by Crippen LogP contribution is -2.11. The molecule has 2 N–H and O–H groups in total. The molecule has 0 aromatic carbocycles. The monoisotopic (exact) mass is 282 g/mol. The maximum Gasteiger partial charge on any atom is 0.180 e. The molecular weight excluding hydrogens is 264 g/mol. The van der Waals surface area contributed by atoms with Crippen molar-refractivity contribution in [2.45, 2.75) is 19.9 Å². The molecule has 0 saturated heterocycles. The van der Waals surface area contributed by atoms with E-state index in [1.807, 2.05) is 35.9 Å². The van der Waals surface area contributed by atoms with Gasteiger partial charge >= 0.3 is 0 Å². The highest BCUT2D eigenvalue weighted by Gasteiger charge is 2.11. The Labute approximate surface area is 123 Å². The van der Waals surface area contributed by atoms with Crippen molar-refractivity contribution in [2.75, 3.05) is 17.2 Å². The van der Waals surface area contributed by atoms with Gasteiger partial charge in [0.15, 0.2) is 11.5 Å². The fourth-order valence-electron chi connectivity index (χ4n) is 2.24. The van der Waals surface area contributed by atoms with E-state index < -0.39 is 0 Å². The van der Waals surface area contributed by atoms with Crippen molar-refractivity contribution in [1.29, 1.82) is 0 Å². The molecule has 1 atom stereocenters. The van der Waals surface area contributed by atoms with Crippen LogP contribution in [-0.2, 0) is 0 Å². The summed E-state index contributed by atoms with van der Waals surface area (Å²) in [4.78, 5) is 13.0. The van der Waals surface area contributed by atoms with Crippen LogP contribution in [0.25, 0.3) is 5.65 Å². The minimum atomic E-state index is 0.123. The van der Waals surface area contributed by atoms with Gasteiger partial charge in [0, 0.05) is 31.3 Å². The Morgan fingerprint density at radius 3 is 2.81 bits per heavy atom. The van der Waals surface area contributed by atoms with Gasteiger partial charge in [-0.2, -0.15) is 0 Å². The van der Waals surface area contributed by atoms with Crippen molar-refractivity contribution in [3.8, 4) is 0 Å². The smallest absolute Gasteiger partial charge is 0.180 e. The molecule has 3 rings (SSSR count). The number of rotatable bonds is 5. The summed E-state index contributed by atoms with van der Waals surface area (Å²) in [6.07, 6.45) is 9.21. The minimum absolute atomic E-state index is 0.123. The van der Waals surface area contributed by atoms with Gasteiger partial charge in [-0.1, -0.05) is 0 Å². The molecule has 0 spiro atoms. The van der Waals surface area contributed by atoms with Crippen molar-refractivity contribution in [1.82, 2.24) is 19.4 Å². The van der Waals surface area contributed by atoms with E-state index in [9.17, 15) is 0 Å². The number of nitrogens with zero attached hydrogens (tertiary/aromatic N) is 4. The summed E-state index contributed by atoms with van der Waals surface area (Å²) < 4.78 is 1.96. The Kier molecular flexibility index (Phi) is 3.68. The van der Waals surface area contributed by atoms with Crippen LogP contribution in [0.5, 0.6) is 0 Å². The van der Waals surface area contributed by atoms with E-state index in [2.05, 4.69) is 32.5 Å². The zero-order valence-corrected chi connectivity index (χ0v) is 12.1. The number of nitrogens with one attached hydrogen (secondary N) is 2. The molecule has 6 heteroatoms. The van der Waals surface area contributed by atoms with Crippen molar-refractivity contribution in [3.05, 3.63) is 48.7 Å². The molecule has 3 heterocycles. The molecule has 0 aliphatic carbocycles. The van der Waals surface area contributed by atoms with Crippen molar-refractivity contribution >= 4 is 17.3 Å². The second kappa shape index (κ2) is 5.78. The lowest BCUT2D eigenvalue weighted by atomic mass is 10.1. The third-order valence-electron chi connectivity index (χ3n) is 3.29. The quantitative estimate of drug-likeness (QED) is 0.753. The second-order valence-electron chi connectivity index (χ2n) is 4.81. The summed E-state index contributed by atoms with van der Waals surface area (Å²) >= 11 is 0. The van der Waals surface area contributed by atoms with Crippen LogP contribution >= 0.6 is 0 Å². The van der Waals surface area contributed by atoms with Gasteiger partial charge < -0.3 is 15.0 Å². The fraction of sp³-hybridized carbons (Fsp3) is 0.267. The van der Waals surface area contributed by atoms with E-state index in [0.717, 1.165) is 29.4 Å². The molecule has 21 heavy (non-hydrogen) atoms. The predicted molar refractivity (Wildman–Crippen MR) is 83.4 cm³/mol. The molecule has 3 aromatic rings. The summed E-state index contributed by atoms with van der Waals surface area (Å²) in [5.74, 6) is 1.59. The molecule has 0 saturated carbocycles. The highest BCUT2D eigenvalue weighted by molar-refractivity contribution is 5.66. The Bertz CT molecular complexity index is 721. The largest absolute Gasteiger partial charge is 0.369 e. The molecule has 0 amide bonds. The van der Waals surface area contributed by atoms with Gasteiger partial charge in [-0.05, 0) is 31.5 Å². The first-order valence-corrected chi connectivity index (χ1v) is 7.02. The zero-order valence-electron chi connectivity index (χ0n) is 12.1. The average Bonchev–Trinajstić information content (AvgIpc) is 2.97. The first-order chi connectivity index (χ1) is 10.3. The second-order valence-corrected chi connectivity index (χ2v) is 4.81. The van der Waals surface area contributed by atoms with Crippen molar-refractivity contribution < 1.29 is 0 Å². The van der Waals surface area contributed by atoms with E-state index in [1.165, 1.54) is 0 Å². The SMILES string of the molecule is CCNc1cn2ccnc2c(NC(C)c2ccncc2)n1. The molecule has 108 valence electrons. The van der Waals surface area contributed by atoms with Gasteiger partial charge in [0.1, 0.15) is 5.82 Å². The van der Waals surface area contributed by atoms with E-state index in [1.54, 1.807) is 18.6 Å². The first-order valence-electron chi connectivity index (χ1n) is 7.02. The fourth-order valence-corrected chi connectivity index (χ4v) is 2.24. The van der Waals surface area contributed by atoms with Crippen LogP contribution in [0.4, 0.5) is 11.6 Å². The molecule has 1 unspecified atom stereocenters. The lowest BCUT2D eigenvalue weighted by molar-refractivity contribution is 0.869. The molecular formula is C15H18N6. The third kappa shape index (κ3) is 2.79. The van der Waals surface area contributed by atoms with Crippen LogP contribution in [-0.4, -0.2) is 25.9 Å². The number of imidazole rings is 1. The van der Waals surface area contributed by atoms with Gasteiger partial charge in [0.2, 0.25) is 0 Å². The molecule has 0 radical (unpaired) electrons. The summed E-state index contributed by atoms with van der Waals surface area (Å²) in [6.45, 7) is 4.97. The predicted octanol–water partition coefficient (Wildman–Crippen LogP) is 2.73. The number of anilines is 2. The molecule has 0 bridgehead atoms. The standard InChI is InChI=1S/C15H18N6/c1-3-17-13-10-21-9-8-18-15(21)14(20-13)19-11(2)12-4-6-16-7-5-12/h4-11,17H,3H2,1-2H3,(H,19,20). The molecule has 0 aliphatic heterocycles. The molecule has 0 fully saturated rings. The van der Waals surface area contributed by atoms with Gasteiger partial charge in [0.05, 0.1) is 12.2 Å². The van der Waals surface area contributed by atoms with Gasteiger partial charge in [-0.25, -0.2) is 9.97 Å². The number of hydrogen-bond acceptors (Lipinski definition) is 5. The Hall–Kier alpha value is -2.63. The number of fused-ring (bicyclic) bond motifs is 1. The van der Waals surface area contributed by atoms with Crippen LogP contribution in [0.15, 0.2) is 43.1 Å². The summed E-state index contributed by atoms with van der Waals surface area (Å²) in [5.41, 5.74) is 1.97. The normalized spacial score (nSPS) is 12.3. The average molecular weight is 282 g/mol. The van der Waals surface area contributed by atoms with Gasteiger partial charge in [-0.15, -0.1) is 0 Å². The van der Waals surface area contributed by atoms with Crippen LogP contribution in [0.1, 0.15) is 25.5 Å². The Morgan fingerprint density at radius 1 is 1.24 bits per heavy atom. The van der Waals surface area contributed by atoms with Crippen LogP contribution in [0.2, 0.25) is 0 Å². The summed E-state index contributed by atoms with van der Waals surface area (Å²) in [5, 5.41) is 6.66. The Balaban J connectivity index is 1.93. The summed E-state index contributed by atoms with van der Waals surface area (Å²) in [7, 11) is 0. The molecule has 6 nitrogen and oxygen atoms in total. The summed E-state index contributed by atoms with van der Waals surface area (Å²) in [6, 6.07) is 4.11. The van der Waals surface area contributed by atoms with E-state index in [4.69, 9.17) is 0 Å². The van der Waals surface area contributed by atoms with Crippen molar-refractivity contribution in [2.24, 2.45) is 0 Å². The van der Waals surface area contributed by atoms with E-state index in [0.29, 0.717) is 0 Å². The third-order valence-corrected chi connectivity index (χ3v) is 3.29. The molecule has 0 aliphatic rings. The van der Waals surface area contributed by atoms with Crippen LogP contribution < -0.4 is 10.6 Å². The van der Waals surface area contributed by atoms with Gasteiger partial charge in [0.25, 0.3) is 0 Å². The maximum absolute atomic E-state index is 4.61. The van der Waals surface area contributed by atoms with E-state index in [-0.39, 0.29) is 6.04 Å². The number of pyridine rings is 1. The minimum Gasteiger partial charge on any atom is -0.369 e. The van der Waals surface area contributed by atoms with E-state index >= 15 is 0 Å². The van der Waals surface area contributed by atoms with Crippen LogP contribution in [0, 0.1) is 0 Å². The number of hydrogen-bond donors (Lipinski definition) is 2. The Morgan fingerprint density at radius 2 is 2.05 bits per heavy atom. The highest BCUT2D eigenvalue weighted by atomic mass is 15.1. The number of aromatic nitrogens is 4. The molecule has 3 aromatic heterocycles. The first kappa shape index (κ1) is 13.4. The zero-order chi connectivity index (χ0) is 14.7. The maximum atomic E-state index is 4.61. The van der Waals surface area contributed by atoms with Crippen molar-refractivity contribution in [3.63, 3.8) is 0 Å². The topological polar surface area (TPSA) is 67.1 Å². The van der Waals surface area contributed by atoms with Gasteiger partial charge in [-0.3, -0.25) is 4.98 Å². The lowest BCUT2D eigenvalue weighted by Gasteiger charge is -2.16.